The number of hydrogen-bond acceptors (Lipinski definition) is 3. The van der Waals surface area contributed by atoms with E-state index in [0.717, 1.165) is 13.1 Å². The first-order valence-corrected chi connectivity index (χ1v) is 8.42. The predicted molar refractivity (Wildman–Crippen MR) is 86.2 cm³/mol. The van der Waals surface area contributed by atoms with Crippen LogP contribution < -0.4 is 5.32 Å². The van der Waals surface area contributed by atoms with Crippen LogP contribution in [0.2, 0.25) is 0 Å². The van der Waals surface area contributed by atoms with Gasteiger partial charge in [-0.3, -0.25) is 4.90 Å². The first-order valence-electron chi connectivity index (χ1n) is 8.42. The van der Waals surface area contributed by atoms with Crippen LogP contribution in [0.4, 0.5) is 0 Å². The molecule has 2 aliphatic rings. The number of rotatable bonds is 6. The highest BCUT2D eigenvalue weighted by Crippen LogP contribution is 2.31. The van der Waals surface area contributed by atoms with Crippen molar-refractivity contribution in [2.24, 2.45) is 0 Å². The van der Waals surface area contributed by atoms with E-state index in [2.05, 4.69) is 41.4 Å². The van der Waals surface area contributed by atoms with E-state index in [-0.39, 0.29) is 12.1 Å². The van der Waals surface area contributed by atoms with Crippen LogP contribution in [0.5, 0.6) is 0 Å². The van der Waals surface area contributed by atoms with Gasteiger partial charge in [-0.05, 0) is 44.7 Å². The van der Waals surface area contributed by atoms with Crippen molar-refractivity contribution < 1.29 is 5.11 Å². The maximum absolute atomic E-state index is 10.2. The zero-order valence-corrected chi connectivity index (χ0v) is 13.1. The summed E-state index contributed by atoms with van der Waals surface area (Å²) >= 11 is 0. The first kappa shape index (κ1) is 15.0. The lowest BCUT2D eigenvalue weighted by atomic mass is 9.88. The molecule has 2 N–H and O–H groups in total. The van der Waals surface area contributed by atoms with Crippen molar-refractivity contribution in [3.8, 4) is 0 Å². The van der Waals surface area contributed by atoms with Crippen LogP contribution >= 0.6 is 0 Å². The minimum atomic E-state index is -0.311. The van der Waals surface area contributed by atoms with Crippen LogP contribution in [-0.2, 0) is 5.54 Å². The number of aliphatic hydroxyl groups excluding tert-OH is 1. The van der Waals surface area contributed by atoms with Gasteiger partial charge in [0.15, 0.2) is 0 Å². The Morgan fingerprint density at radius 3 is 2.57 bits per heavy atom. The number of nitrogens with one attached hydrogen (secondary N) is 1. The second-order valence-electron chi connectivity index (χ2n) is 6.84. The van der Waals surface area contributed by atoms with Crippen LogP contribution in [0.3, 0.4) is 0 Å². The zero-order chi connectivity index (χ0) is 14.7. The average molecular weight is 288 g/mol. The minimum absolute atomic E-state index is 0.163. The van der Waals surface area contributed by atoms with E-state index in [1.165, 1.54) is 37.7 Å². The molecule has 1 aliphatic heterocycles. The molecule has 1 heterocycles. The largest absolute Gasteiger partial charge is 0.394 e. The van der Waals surface area contributed by atoms with Gasteiger partial charge in [0, 0.05) is 18.6 Å². The highest BCUT2D eigenvalue weighted by atomic mass is 16.3. The highest BCUT2D eigenvalue weighted by molar-refractivity contribution is 5.26. The Hall–Kier alpha value is -0.900. The van der Waals surface area contributed by atoms with Gasteiger partial charge < -0.3 is 10.4 Å². The Kier molecular flexibility index (Phi) is 4.63. The molecule has 0 radical (unpaired) electrons. The second-order valence-corrected chi connectivity index (χ2v) is 6.84. The predicted octanol–water partition coefficient (Wildman–Crippen LogP) is 2.50. The van der Waals surface area contributed by atoms with Gasteiger partial charge in [0.05, 0.1) is 12.1 Å². The Labute approximate surface area is 128 Å². The van der Waals surface area contributed by atoms with Gasteiger partial charge in [-0.25, -0.2) is 0 Å². The van der Waals surface area contributed by atoms with E-state index in [1.807, 2.05) is 6.07 Å². The van der Waals surface area contributed by atoms with E-state index in [4.69, 9.17) is 0 Å². The molecule has 0 amide bonds. The Morgan fingerprint density at radius 2 is 1.95 bits per heavy atom. The molecule has 0 bridgehead atoms. The molecule has 1 aliphatic carbocycles. The third kappa shape index (κ3) is 3.47. The topological polar surface area (TPSA) is 35.5 Å². The zero-order valence-electron chi connectivity index (χ0n) is 13.1. The molecule has 1 saturated heterocycles. The molecule has 1 saturated carbocycles. The molecular weight excluding hydrogens is 260 g/mol. The molecule has 3 rings (SSSR count). The van der Waals surface area contributed by atoms with E-state index in [0.29, 0.717) is 12.1 Å². The molecule has 3 heteroatoms. The van der Waals surface area contributed by atoms with Crippen molar-refractivity contribution in [2.75, 3.05) is 19.7 Å². The molecule has 21 heavy (non-hydrogen) atoms. The SMILES string of the molecule is CC1CCCCN1CC(CO)(NC1CC1)c1ccccc1. The van der Waals surface area contributed by atoms with Crippen LogP contribution in [0.1, 0.15) is 44.6 Å². The summed E-state index contributed by atoms with van der Waals surface area (Å²) in [6.45, 7) is 4.55. The van der Waals surface area contributed by atoms with Crippen LogP contribution in [-0.4, -0.2) is 41.8 Å². The smallest absolute Gasteiger partial charge is 0.0800 e. The molecule has 2 fully saturated rings. The number of likely N-dealkylation sites (tertiary alicyclic amines) is 1. The molecule has 2 atom stereocenters. The average Bonchev–Trinajstić information content (AvgIpc) is 3.33. The summed E-state index contributed by atoms with van der Waals surface area (Å²) in [6, 6.07) is 11.7. The van der Waals surface area contributed by atoms with Gasteiger partial charge in [-0.2, -0.15) is 0 Å². The Morgan fingerprint density at radius 1 is 1.19 bits per heavy atom. The van der Waals surface area contributed by atoms with Crippen LogP contribution in [0.25, 0.3) is 0 Å². The third-order valence-corrected chi connectivity index (χ3v) is 5.07. The van der Waals surface area contributed by atoms with Crippen LogP contribution in [0.15, 0.2) is 30.3 Å². The van der Waals surface area contributed by atoms with E-state index in [9.17, 15) is 5.11 Å². The normalized spacial score (nSPS) is 26.5. The standard InChI is InChI=1S/C18H28N2O/c1-15-7-5-6-12-20(15)13-18(14-21,19-17-10-11-17)16-8-3-2-4-9-16/h2-4,8-9,15,17,19,21H,5-7,10-14H2,1H3. The maximum Gasteiger partial charge on any atom is 0.0800 e. The van der Waals surface area contributed by atoms with Gasteiger partial charge in [0.25, 0.3) is 0 Å². The number of nitrogens with zero attached hydrogens (tertiary/aromatic N) is 1. The summed E-state index contributed by atoms with van der Waals surface area (Å²) in [4.78, 5) is 2.56. The second kappa shape index (κ2) is 6.47. The lowest BCUT2D eigenvalue weighted by Gasteiger charge is -2.42. The van der Waals surface area contributed by atoms with Crippen molar-refractivity contribution >= 4 is 0 Å². The molecule has 3 nitrogen and oxygen atoms in total. The minimum Gasteiger partial charge on any atom is -0.394 e. The van der Waals surface area contributed by atoms with Gasteiger partial charge in [0.1, 0.15) is 0 Å². The van der Waals surface area contributed by atoms with Crippen LogP contribution in [0, 0.1) is 0 Å². The Balaban J connectivity index is 1.83. The summed E-state index contributed by atoms with van der Waals surface area (Å²) < 4.78 is 0. The number of hydrogen-bond donors (Lipinski definition) is 2. The van der Waals surface area contributed by atoms with Gasteiger partial charge in [0.2, 0.25) is 0 Å². The first-order chi connectivity index (χ1) is 10.2. The quantitative estimate of drug-likeness (QED) is 0.844. The summed E-state index contributed by atoms with van der Waals surface area (Å²) in [5, 5.41) is 14.0. The summed E-state index contributed by atoms with van der Waals surface area (Å²) in [5.41, 5.74) is 0.908. The van der Waals surface area contributed by atoms with Crippen molar-refractivity contribution in [1.29, 1.82) is 0 Å². The van der Waals surface area contributed by atoms with E-state index < -0.39 is 0 Å². The molecule has 1 aromatic rings. The van der Waals surface area contributed by atoms with E-state index in [1.54, 1.807) is 0 Å². The molecule has 116 valence electrons. The molecule has 1 aromatic carbocycles. The van der Waals surface area contributed by atoms with Crippen molar-refractivity contribution in [1.82, 2.24) is 10.2 Å². The molecule has 0 aromatic heterocycles. The number of piperidine rings is 1. The number of aliphatic hydroxyl groups is 1. The van der Waals surface area contributed by atoms with Crippen molar-refractivity contribution in [3.63, 3.8) is 0 Å². The molecule has 0 spiro atoms. The lowest BCUT2D eigenvalue weighted by Crippen LogP contribution is -2.56. The number of benzene rings is 1. The fraction of sp³-hybridized carbons (Fsp3) is 0.667. The summed E-state index contributed by atoms with van der Waals surface area (Å²) in [6.07, 6.45) is 6.38. The van der Waals surface area contributed by atoms with E-state index >= 15 is 0 Å². The van der Waals surface area contributed by atoms with Gasteiger partial charge >= 0.3 is 0 Å². The van der Waals surface area contributed by atoms with Gasteiger partial charge in [-0.1, -0.05) is 36.8 Å². The lowest BCUT2D eigenvalue weighted by molar-refractivity contribution is 0.0685. The molecular formula is C18H28N2O. The van der Waals surface area contributed by atoms with Crippen molar-refractivity contribution in [2.45, 2.75) is 56.7 Å². The maximum atomic E-state index is 10.2. The highest BCUT2D eigenvalue weighted by Gasteiger charge is 2.39. The summed E-state index contributed by atoms with van der Waals surface area (Å²) in [5.74, 6) is 0. The van der Waals surface area contributed by atoms with Gasteiger partial charge in [-0.15, -0.1) is 0 Å². The fourth-order valence-electron chi connectivity index (χ4n) is 3.52. The Bertz CT molecular complexity index is 446. The molecule has 2 unspecified atom stereocenters. The third-order valence-electron chi connectivity index (χ3n) is 5.07. The fourth-order valence-corrected chi connectivity index (χ4v) is 3.52. The van der Waals surface area contributed by atoms with Crippen molar-refractivity contribution in [3.05, 3.63) is 35.9 Å². The monoisotopic (exact) mass is 288 g/mol. The summed E-state index contributed by atoms with van der Waals surface area (Å²) in [7, 11) is 0.